The third-order valence-corrected chi connectivity index (χ3v) is 11.5. The van der Waals surface area contributed by atoms with Gasteiger partial charge in [-0.3, -0.25) is 33.6 Å². The summed E-state index contributed by atoms with van der Waals surface area (Å²) in [5.74, 6) is -27.6. The third kappa shape index (κ3) is 10.8. The summed E-state index contributed by atoms with van der Waals surface area (Å²) in [4.78, 5) is 113. The minimum atomic E-state index is -4.50. The zero-order chi connectivity index (χ0) is 52.8. The molecule has 376 valence electrons. The summed E-state index contributed by atoms with van der Waals surface area (Å²) in [6.07, 6.45) is -2.95. The maximum Gasteiger partial charge on any atom is 0.305 e. The fourth-order valence-corrected chi connectivity index (χ4v) is 7.90. The van der Waals surface area contributed by atoms with Crippen LogP contribution in [-0.4, -0.2) is 96.4 Å². The standard InChI is InChI=1S/C51H48F4N6O11/c1-25(2)41(60-37-21-19-27-11-5-7-17-35(27)58-37)47(68)50(45(66)33(56)23-39(62)63,71-43-29(52)13-9-14-30(43)53)49(70)51(46(67)34(57)24-40(64)65,72-44-31(54)15-10-16-32(44)55)48(69)42(26(3)4)61-38-22-20-28-12-6-8-18-36(28)59-38/h5-22,25-26,33-34,41-42H,23-24,56-57H2,1-4H3,(H,58,60)(H,59,61)(H,62,63)(H,64,65)/t33-,34-,41-,42-,50?,51?/m0/s1. The van der Waals surface area contributed by atoms with Crippen molar-refractivity contribution in [2.45, 2.75) is 75.9 Å². The second kappa shape index (κ2) is 21.9. The van der Waals surface area contributed by atoms with E-state index in [-0.39, 0.29) is 11.6 Å². The van der Waals surface area contributed by atoms with E-state index in [1.54, 1.807) is 60.7 Å². The summed E-state index contributed by atoms with van der Waals surface area (Å²) < 4.78 is 76.1. The minimum absolute atomic E-state index is 0.153. The first kappa shape index (κ1) is 53.2. The van der Waals surface area contributed by atoms with E-state index >= 15 is 41.5 Å². The van der Waals surface area contributed by atoms with Crippen LogP contribution >= 0.6 is 0 Å². The number of ether oxygens (including phenoxy) is 2. The number of carbonyl (C=O) groups is 7. The molecule has 2 aromatic heterocycles. The number of hydrogen-bond donors (Lipinski definition) is 6. The Morgan fingerprint density at radius 3 is 1.17 bits per heavy atom. The van der Waals surface area contributed by atoms with Gasteiger partial charge in [0.1, 0.15) is 11.6 Å². The Hall–Kier alpha value is -8.17. The molecule has 2 heterocycles. The molecule has 0 aliphatic rings. The number of benzene rings is 4. The Balaban J connectivity index is 1.77. The second-order valence-corrected chi connectivity index (χ2v) is 17.4. The highest BCUT2D eigenvalue weighted by atomic mass is 19.1. The van der Waals surface area contributed by atoms with Gasteiger partial charge < -0.3 is 41.8 Å². The van der Waals surface area contributed by atoms with E-state index in [1.165, 1.54) is 39.8 Å². The molecule has 0 aliphatic heterocycles. The number of carboxylic acid groups (broad SMARTS) is 2. The van der Waals surface area contributed by atoms with Gasteiger partial charge in [-0.15, -0.1) is 0 Å². The Kier molecular flexibility index (Phi) is 16.1. The lowest BCUT2D eigenvalue weighted by Crippen LogP contribution is -2.77. The molecule has 4 aromatic carbocycles. The molecule has 0 aliphatic carbocycles. The molecule has 17 nitrogen and oxygen atoms in total. The van der Waals surface area contributed by atoms with Crippen molar-refractivity contribution in [3.05, 3.63) is 132 Å². The number of fused-ring (bicyclic) bond motifs is 2. The topological polar surface area (TPSA) is 280 Å². The molecule has 8 N–H and O–H groups in total. The van der Waals surface area contributed by atoms with Crippen molar-refractivity contribution < 1.29 is 70.8 Å². The summed E-state index contributed by atoms with van der Waals surface area (Å²) in [7, 11) is 0. The molecule has 0 spiro atoms. The van der Waals surface area contributed by atoms with E-state index < -0.39 is 136 Å². The molecule has 6 aromatic rings. The molecular weight excluding hydrogens is 949 g/mol. The summed E-state index contributed by atoms with van der Waals surface area (Å²) in [6, 6.07) is 13.4. The predicted octanol–water partition coefficient (Wildman–Crippen LogP) is 6.00. The molecule has 0 fully saturated rings. The third-order valence-electron chi connectivity index (χ3n) is 11.5. The Bertz CT molecular complexity index is 2860. The van der Waals surface area contributed by atoms with Gasteiger partial charge in [0.15, 0.2) is 34.8 Å². The zero-order valence-corrected chi connectivity index (χ0v) is 38.9. The summed E-state index contributed by atoms with van der Waals surface area (Å²) in [5.41, 5.74) is 4.04. The highest BCUT2D eigenvalue weighted by Crippen LogP contribution is 2.39. The van der Waals surface area contributed by atoms with Gasteiger partial charge in [-0.1, -0.05) is 76.2 Å². The van der Waals surface area contributed by atoms with Gasteiger partial charge in [0.05, 0.1) is 48.0 Å². The van der Waals surface area contributed by atoms with Gasteiger partial charge in [-0.25, -0.2) is 27.5 Å². The number of para-hydroxylation sites is 4. The Morgan fingerprint density at radius 2 is 0.847 bits per heavy atom. The van der Waals surface area contributed by atoms with Crippen LogP contribution in [0.1, 0.15) is 40.5 Å². The largest absolute Gasteiger partial charge is 0.481 e. The van der Waals surface area contributed by atoms with Crippen LogP contribution in [0.15, 0.2) is 109 Å². The SMILES string of the molecule is CC(C)[C@H](Nc1ccc2ccccc2n1)C(=O)C(Oc1c(F)cccc1F)(C(=O)[C@@H](N)CC(=O)O)C(=O)C(Oc1c(F)cccc1F)(C(=O)[C@@H](Nc1ccc2ccccc2n1)C(C)C)C(=O)[C@@H](N)CC(=O)O. The number of anilines is 2. The van der Waals surface area contributed by atoms with E-state index in [0.717, 1.165) is 12.1 Å². The van der Waals surface area contributed by atoms with E-state index in [1.807, 2.05) is 0 Å². The molecule has 6 atom stereocenters. The normalized spacial score (nSPS) is 14.8. The molecule has 0 saturated heterocycles. The predicted molar refractivity (Wildman–Crippen MR) is 253 cm³/mol. The van der Waals surface area contributed by atoms with Gasteiger partial charge in [-0.05, 0) is 72.5 Å². The van der Waals surface area contributed by atoms with Crippen LogP contribution in [0.2, 0.25) is 0 Å². The number of carboxylic acids is 2. The molecule has 2 unspecified atom stereocenters. The van der Waals surface area contributed by atoms with Crippen molar-refractivity contribution in [2.75, 3.05) is 10.6 Å². The number of pyridine rings is 2. The molecule has 72 heavy (non-hydrogen) atoms. The molecule has 21 heteroatoms. The van der Waals surface area contributed by atoms with E-state index in [4.69, 9.17) is 20.9 Å². The lowest BCUT2D eigenvalue weighted by Gasteiger charge is -2.42. The average molecular weight is 997 g/mol. The zero-order valence-electron chi connectivity index (χ0n) is 38.9. The molecule has 0 bridgehead atoms. The first-order valence-electron chi connectivity index (χ1n) is 22.2. The smallest absolute Gasteiger partial charge is 0.305 e. The summed E-state index contributed by atoms with van der Waals surface area (Å²) >= 11 is 0. The van der Waals surface area contributed by atoms with E-state index in [2.05, 4.69) is 20.6 Å². The number of rotatable bonds is 24. The molecule has 0 saturated carbocycles. The Morgan fingerprint density at radius 1 is 0.514 bits per heavy atom. The van der Waals surface area contributed by atoms with Gasteiger partial charge in [0.2, 0.25) is 23.1 Å². The van der Waals surface area contributed by atoms with Crippen LogP contribution in [0.25, 0.3) is 21.8 Å². The Labute approximate surface area is 407 Å². The van der Waals surface area contributed by atoms with E-state index in [0.29, 0.717) is 46.1 Å². The fourth-order valence-electron chi connectivity index (χ4n) is 7.90. The number of Topliss-reactive ketones (excluding diaryl/α,β-unsaturated/α-hetero) is 5. The number of nitrogens with one attached hydrogen (secondary N) is 2. The lowest BCUT2D eigenvalue weighted by molar-refractivity contribution is -0.172. The number of carbonyl (C=O) groups excluding carboxylic acids is 5. The summed E-state index contributed by atoms with van der Waals surface area (Å²) in [6.45, 7) is 5.35. The van der Waals surface area contributed by atoms with Gasteiger partial charge >= 0.3 is 11.9 Å². The van der Waals surface area contributed by atoms with Crippen molar-refractivity contribution in [2.24, 2.45) is 23.3 Å². The van der Waals surface area contributed by atoms with Crippen molar-refractivity contribution in [3.8, 4) is 11.5 Å². The maximum absolute atomic E-state index is 16.7. The first-order chi connectivity index (χ1) is 34.0. The number of nitrogens with two attached hydrogens (primary N) is 2. The highest BCUT2D eigenvalue weighted by Gasteiger charge is 2.72. The van der Waals surface area contributed by atoms with Gasteiger partial charge in [0, 0.05) is 10.8 Å². The monoisotopic (exact) mass is 996 g/mol. The van der Waals surface area contributed by atoms with Crippen LogP contribution in [0, 0.1) is 35.1 Å². The second-order valence-electron chi connectivity index (χ2n) is 17.4. The number of halogens is 4. The lowest BCUT2D eigenvalue weighted by atomic mass is 9.68. The number of ketones is 5. The quantitative estimate of drug-likeness (QED) is 0.0300. The van der Waals surface area contributed by atoms with Crippen molar-refractivity contribution >= 4 is 74.3 Å². The first-order valence-corrected chi connectivity index (χ1v) is 22.2. The molecule has 6 rings (SSSR count). The minimum Gasteiger partial charge on any atom is -0.481 e. The van der Waals surface area contributed by atoms with Crippen molar-refractivity contribution in [1.82, 2.24) is 9.97 Å². The number of nitrogens with zero attached hydrogens (tertiary/aromatic N) is 2. The van der Waals surface area contributed by atoms with Crippen LogP contribution in [0.3, 0.4) is 0 Å². The van der Waals surface area contributed by atoms with Crippen LogP contribution in [-0.2, 0) is 33.6 Å². The number of hydrogen-bond acceptors (Lipinski definition) is 15. The van der Waals surface area contributed by atoms with Crippen LogP contribution in [0.5, 0.6) is 11.5 Å². The van der Waals surface area contributed by atoms with E-state index in [9.17, 15) is 19.8 Å². The van der Waals surface area contributed by atoms with Crippen LogP contribution in [0.4, 0.5) is 29.2 Å². The maximum atomic E-state index is 16.7. The van der Waals surface area contributed by atoms with Crippen molar-refractivity contribution in [1.29, 1.82) is 0 Å². The van der Waals surface area contributed by atoms with Gasteiger partial charge in [-0.2, -0.15) is 0 Å². The highest BCUT2D eigenvalue weighted by molar-refractivity contribution is 6.43. The van der Waals surface area contributed by atoms with Gasteiger partial charge in [0.25, 0.3) is 17.0 Å². The number of aliphatic carboxylic acids is 2. The summed E-state index contributed by atoms with van der Waals surface area (Å²) in [5, 5.41) is 26.6. The molecule has 0 radical (unpaired) electrons. The molecule has 0 amide bonds. The van der Waals surface area contributed by atoms with Crippen molar-refractivity contribution in [3.63, 3.8) is 0 Å². The average Bonchev–Trinajstić information content (AvgIpc) is 3.33. The van der Waals surface area contributed by atoms with Crippen LogP contribution < -0.4 is 31.6 Å². The molecular formula is C51H48F4N6O11. The fraction of sp³-hybridized carbons (Fsp3) is 0.275. The number of aromatic nitrogens is 2.